The Kier molecular flexibility index (Phi) is 8.36. The predicted molar refractivity (Wildman–Crippen MR) is 159 cm³/mol. The van der Waals surface area contributed by atoms with Gasteiger partial charge in [-0.05, 0) is 59.0 Å². The molecule has 0 bridgehead atoms. The number of aromatic amines is 1. The van der Waals surface area contributed by atoms with Crippen LogP contribution in [0, 0.1) is 11.6 Å². The summed E-state index contributed by atoms with van der Waals surface area (Å²) in [6, 6.07) is 14.9. The Labute approximate surface area is 244 Å². The molecule has 3 N–H and O–H groups in total. The molecule has 4 aromatic rings. The summed E-state index contributed by atoms with van der Waals surface area (Å²) >= 11 is 0. The van der Waals surface area contributed by atoms with Gasteiger partial charge in [0.15, 0.2) is 11.6 Å². The van der Waals surface area contributed by atoms with E-state index in [1.807, 2.05) is 20.8 Å². The van der Waals surface area contributed by atoms with Crippen LogP contribution < -0.4 is 10.0 Å². The summed E-state index contributed by atoms with van der Waals surface area (Å²) < 4.78 is 62.5. The molecule has 2 heterocycles. The van der Waals surface area contributed by atoms with Gasteiger partial charge in [0.1, 0.15) is 5.69 Å². The highest BCUT2D eigenvalue weighted by Gasteiger charge is 2.23. The van der Waals surface area contributed by atoms with E-state index in [4.69, 9.17) is 4.74 Å². The molecule has 1 aliphatic rings. The molecular weight excluding hydrogens is 562 g/mol. The molecule has 42 heavy (non-hydrogen) atoms. The minimum atomic E-state index is -3.93. The number of rotatable bonds is 8. The summed E-state index contributed by atoms with van der Waals surface area (Å²) in [4.78, 5) is 18.7. The van der Waals surface area contributed by atoms with Gasteiger partial charge in [0.05, 0.1) is 18.1 Å². The summed E-state index contributed by atoms with van der Waals surface area (Å²) in [5.74, 6) is -2.49. The van der Waals surface area contributed by atoms with E-state index in [-0.39, 0.29) is 27.3 Å². The Morgan fingerprint density at radius 3 is 2.36 bits per heavy atom. The highest BCUT2D eigenvalue weighted by atomic mass is 32.2. The number of halogens is 2. The van der Waals surface area contributed by atoms with Gasteiger partial charge in [-0.15, -0.1) is 0 Å². The summed E-state index contributed by atoms with van der Waals surface area (Å²) in [7, 11) is -3.93. The number of nitrogens with one attached hydrogen (secondary N) is 3. The quantitative estimate of drug-likeness (QED) is 0.257. The third-order valence-electron chi connectivity index (χ3n) is 7.33. The lowest BCUT2D eigenvalue weighted by Crippen LogP contribution is -2.41. The van der Waals surface area contributed by atoms with Crippen molar-refractivity contribution in [2.45, 2.75) is 31.1 Å². The number of fused-ring (bicyclic) bond motifs is 1. The molecule has 0 aliphatic carbocycles. The molecular formula is C31H34F2N4O4S. The van der Waals surface area contributed by atoms with Crippen LogP contribution in [0.5, 0.6) is 0 Å². The summed E-state index contributed by atoms with van der Waals surface area (Å²) in [6.45, 7) is 10.00. The van der Waals surface area contributed by atoms with E-state index in [9.17, 15) is 22.0 Å². The minimum Gasteiger partial charge on any atom is -0.379 e. The van der Waals surface area contributed by atoms with E-state index >= 15 is 0 Å². The maximum Gasteiger partial charge on any atom is 0.268 e. The van der Waals surface area contributed by atoms with Crippen molar-refractivity contribution in [3.8, 4) is 11.1 Å². The average Bonchev–Trinajstić information content (AvgIpc) is 3.33. The molecule has 1 aliphatic heterocycles. The molecule has 1 fully saturated rings. The van der Waals surface area contributed by atoms with Gasteiger partial charge in [-0.1, -0.05) is 39.0 Å². The Balaban J connectivity index is 1.47. The second kappa shape index (κ2) is 11.8. The topological polar surface area (TPSA) is 104 Å². The first-order chi connectivity index (χ1) is 19.9. The van der Waals surface area contributed by atoms with E-state index in [1.165, 1.54) is 6.07 Å². The number of morpholine rings is 1. The maximum atomic E-state index is 14.3. The molecule has 0 unspecified atom stereocenters. The van der Waals surface area contributed by atoms with Gasteiger partial charge in [-0.25, -0.2) is 17.2 Å². The van der Waals surface area contributed by atoms with E-state index in [0.717, 1.165) is 30.8 Å². The number of hydrogen-bond donors (Lipinski definition) is 3. The van der Waals surface area contributed by atoms with Crippen molar-refractivity contribution < 1.29 is 26.7 Å². The van der Waals surface area contributed by atoms with Gasteiger partial charge < -0.3 is 15.0 Å². The van der Waals surface area contributed by atoms with E-state index in [2.05, 4.69) is 19.9 Å². The van der Waals surface area contributed by atoms with Crippen molar-refractivity contribution in [1.82, 2.24) is 15.2 Å². The van der Waals surface area contributed by atoms with Crippen LogP contribution in [-0.4, -0.2) is 63.6 Å². The van der Waals surface area contributed by atoms with Gasteiger partial charge >= 0.3 is 0 Å². The second-order valence-corrected chi connectivity index (χ2v) is 13.0. The standard InChI is InChI=1S/C31H34F2N4O4S/c1-31(2,3)21-5-8-23(9-6-21)42(39,40)36-22-7-11-27-24(19-22)28(20-4-10-25(32)26(33)18-20)29(35-27)30(38)34-12-13-37-14-16-41-17-15-37/h4-11,18-19,35-36H,12-17H2,1-3H3,(H,34,38). The van der Waals surface area contributed by atoms with Crippen LogP contribution in [-0.2, 0) is 20.2 Å². The zero-order valence-corrected chi connectivity index (χ0v) is 24.6. The minimum absolute atomic E-state index is 0.103. The Morgan fingerprint density at radius 2 is 1.69 bits per heavy atom. The summed E-state index contributed by atoms with van der Waals surface area (Å²) in [6.07, 6.45) is 0. The maximum absolute atomic E-state index is 14.3. The fourth-order valence-electron chi connectivity index (χ4n) is 4.97. The number of hydrogen-bond acceptors (Lipinski definition) is 5. The molecule has 0 spiro atoms. The van der Waals surface area contributed by atoms with Crippen molar-refractivity contribution in [3.05, 3.63) is 83.6 Å². The number of aromatic nitrogens is 1. The fourth-order valence-corrected chi connectivity index (χ4v) is 6.02. The largest absolute Gasteiger partial charge is 0.379 e. The van der Waals surface area contributed by atoms with Crippen LogP contribution in [0.3, 0.4) is 0 Å². The Morgan fingerprint density at radius 1 is 0.976 bits per heavy atom. The summed E-state index contributed by atoms with van der Waals surface area (Å²) in [5.41, 5.74) is 2.44. The van der Waals surface area contributed by atoms with E-state index < -0.39 is 27.6 Å². The van der Waals surface area contributed by atoms with Crippen molar-refractivity contribution >= 4 is 32.5 Å². The van der Waals surface area contributed by atoms with Crippen LogP contribution in [0.2, 0.25) is 0 Å². The van der Waals surface area contributed by atoms with Gasteiger partial charge in [0, 0.05) is 48.3 Å². The Bertz CT molecular complexity index is 1710. The third kappa shape index (κ3) is 6.48. The number of anilines is 1. The van der Waals surface area contributed by atoms with E-state index in [0.29, 0.717) is 42.8 Å². The lowest BCUT2D eigenvalue weighted by atomic mass is 9.87. The molecule has 0 saturated carbocycles. The lowest BCUT2D eigenvalue weighted by molar-refractivity contribution is 0.0383. The highest BCUT2D eigenvalue weighted by Crippen LogP contribution is 2.35. The van der Waals surface area contributed by atoms with Crippen LogP contribution in [0.1, 0.15) is 36.8 Å². The van der Waals surface area contributed by atoms with Gasteiger partial charge in [0.25, 0.3) is 15.9 Å². The molecule has 1 amide bonds. The second-order valence-electron chi connectivity index (χ2n) is 11.4. The van der Waals surface area contributed by atoms with Crippen LogP contribution in [0.25, 0.3) is 22.0 Å². The molecule has 1 saturated heterocycles. The smallest absolute Gasteiger partial charge is 0.268 e. The molecule has 0 radical (unpaired) electrons. The Hall–Kier alpha value is -3.80. The molecule has 5 rings (SSSR count). The molecule has 8 nitrogen and oxygen atoms in total. The van der Waals surface area contributed by atoms with Crippen LogP contribution in [0.4, 0.5) is 14.5 Å². The lowest BCUT2D eigenvalue weighted by Gasteiger charge is -2.26. The SMILES string of the molecule is CC(C)(C)c1ccc(S(=O)(=O)Nc2ccc3[nH]c(C(=O)NCCN4CCOCC4)c(-c4ccc(F)c(F)c4)c3c2)cc1. The van der Waals surface area contributed by atoms with Crippen molar-refractivity contribution in [3.63, 3.8) is 0 Å². The number of nitrogens with zero attached hydrogens (tertiary/aromatic N) is 1. The number of amides is 1. The van der Waals surface area contributed by atoms with Crippen molar-refractivity contribution in [2.75, 3.05) is 44.1 Å². The average molecular weight is 597 g/mol. The van der Waals surface area contributed by atoms with E-state index in [1.54, 1.807) is 42.5 Å². The fraction of sp³-hybridized carbons (Fsp3) is 0.323. The first-order valence-corrected chi connectivity index (χ1v) is 15.2. The van der Waals surface area contributed by atoms with Gasteiger partial charge in [-0.3, -0.25) is 14.4 Å². The number of benzene rings is 3. The first kappa shape index (κ1) is 29.7. The number of carbonyl (C=O) groups excluding carboxylic acids is 1. The number of sulfonamides is 1. The monoisotopic (exact) mass is 596 g/mol. The highest BCUT2D eigenvalue weighted by molar-refractivity contribution is 7.92. The molecule has 222 valence electrons. The van der Waals surface area contributed by atoms with Gasteiger partial charge in [-0.2, -0.15) is 0 Å². The normalized spacial score (nSPS) is 14.7. The molecule has 0 atom stereocenters. The van der Waals surface area contributed by atoms with Crippen LogP contribution >= 0.6 is 0 Å². The number of carbonyl (C=O) groups is 1. The zero-order chi connectivity index (χ0) is 30.1. The third-order valence-corrected chi connectivity index (χ3v) is 8.73. The van der Waals surface area contributed by atoms with Crippen molar-refractivity contribution in [2.24, 2.45) is 0 Å². The van der Waals surface area contributed by atoms with Gasteiger partial charge in [0.2, 0.25) is 0 Å². The van der Waals surface area contributed by atoms with Crippen LogP contribution in [0.15, 0.2) is 65.6 Å². The molecule has 3 aromatic carbocycles. The molecule has 11 heteroatoms. The number of H-pyrrole nitrogens is 1. The summed E-state index contributed by atoms with van der Waals surface area (Å²) in [5, 5.41) is 3.38. The predicted octanol–water partition coefficient (Wildman–Crippen LogP) is 5.27. The molecule has 1 aromatic heterocycles. The zero-order valence-electron chi connectivity index (χ0n) is 23.8. The number of ether oxygens (including phenoxy) is 1. The van der Waals surface area contributed by atoms with Crippen molar-refractivity contribution in [1.29, 1.82) is 0 Å². The first-order valence-electron chi connectivity index (χ1n) is 13.8.